The van der Waals surface area contributed by atoms with E-state index in [1.807, 2.05) is 6.92 Å². The van der Waals surface area contributed by atoms with Gasteiger partial charge in [-0.1, -0.05) is 54.9 Å². The first-order valence-electron chi connectivity index (χ1n) is 12.9. The van der Waals surface area contributed by atoms with Crippen LogP contribution >= 0.6 is 11.6 Å². The zero-order chi connectivity index (χ0) is 31.2. The largest absolute Gasteiger partial charge is 0.416 e. The first-order chi connectivity index (χ1) is 19.7. The molecule has 0 aliphatic rings. The van der Waals surface area contributed by atoms with E-state index in [1.165, 1.54) is 49.4 Å². The topological polar surface area (TPSA) is 86.8 Å². The third-order valence-electron chi connectivity index (χ3n) is 6.62. The molecule has 0 aromatic heterocycles. The summed E-state index contributed by atoms with van der Waals surface area (Å²) in [6, 6.07) is 13.0. The number of benzene rings is 3. The zero-order valence-electron chi connectivity index (χ0n) is 23.0. The number of rotatable bonds is 11. The molecule has 0 saturated carbocycles. The molecule has 0 saturated heterocycles. The Bertz CT molecular complexity index is 1520. The van der Waals surface area contributed by atoms with E-state index < -0.39 is 64.2 Å². The van der Waals surface area contributed by atoms with Gasteiger partial charge in [0.2, 0.25) is 11.8 Å². The number of sulfonamides is 1. The predicted octanol–water partition coefficient (Wildman–Crippen LogP) is 6.03. The number of hydrogen-bond donors (Lipinski definition) is 1. The Morgan fingerprint density at radius 1 is 0.976 bits per heavy atom. The minimum atomic E-state index is -4.84. The standard InChI is InChI=1S/C29H30ClF4N3O4S/c1-4-19(2)35-28(39)20(3)36(17-21-10-8-9-13-25(21)31)27(38)18-37(42(40,41)23-11-6-5-7-12-23)26-16-22(29(32,33)34)14-15-24(26)30/h5-16,19-20H,4,17-18H2,1-3H3,(H,35,39). The molecule has 0 aliphatic heterocycles. The normalized spacial score (nSPS) is 13.2. The van der Waals surface area contributed by atoms with Gasteiger partial charge >= 0.3 is 6.18 Å². The van der Waals surface area contributed by atoms with Gasteiger partial charge in [0.25, 0.3) is 10.0 Å². The second-order valence-electron chi connectivity index (χ2n) is 9.60. The van der Waals surface area contributed by atoms with E-state index in [0.717, 1.165) is 17.0 Å². The van der Waals surface area contributed by atoms with Crippen molar-refractivity contribution in [3.05, 3.63) is 94.8 Å². The number of alkyl halides is 3. The lowest BCUT2D eigenvalue weighted by Crippen LogP contribution is -2.52. The average Bonchev–Trinajstić information content (AvgIpc) is 2.95. The van der Waals surface area contributed by atoms with E-state index in [9.17, 15) is 35.6 Å². The van der Waals surface area contributed by atoms with Gasteiger partial charge in [-0.2, -0.15) is 13.2 Å². The molecule has 2 atom stereocenters. The highest BCUT2D eigenvalue weighted by molar-refractivity contribution is 7.92. The van der Waals surface area contributed by atoms with Crippen molar-refractivity contribution in [2.45, 2.75) is 56.9 Å². The van der Waals surface area contributed by atoms with Gasteiger partial charge in [-0.05, 0) is 56.7 Å². The van der Waals surface area contributed by atoms with Gasteiger partial charge < -0.3 is 10.2 Å². The lowest BCUT2D eigenvalue weighted by Gasteiger charge is -2.33. The summed E-state index contributed by atoms with van der Waals surface area (Å²) < 4.78 is 83.5. The maximum atomic E-state index is 14.6. The smallest absolute Gasteiger partial charge is 0.352 e. The van der Waals surface area contributed by atoms with Crippen molar-refractivity contribution in [1.29, 1.82) is 0 Å². The van der Waals surface area contributed by atoms with Gasteiger partial charge in [0.05, 0.1) is 21.2 Å². The van der Waals surface area contributed by atoms with Crippen LogP contribution in [0.2, 0.25) is 5.02 Å². The Kier molecular flexibility index (Phi) is 10.6. The summed E-state index contributed by atoms with van der Waals surface area (Å²) in [5, 5.41) is 2.37. The maximum Gasteiger partial charge on any atom is 0.416 e. The summed E-state index contributed by atoms with van der Waals surface area (Å²) in [6.07, 6.45) is -4.26. The molecule has 0 aliphatic carbocycles. The Hall–Kier alpha value is -3.64. The number of halogens is 5. The third-order valence-corrected chi connectivity index (χ3v) is 8.71. The van der Waals surface area contributed by atoms with Crippen LogP contribution in [0, 0.1) is 5.82 Å². The molecule has 2 amide bonds. The minimum absolute atomic E-state index is 0.0450. The first kappa shape index (κ1) is 32.9. The van der Waals surface area contributed by atoms with Gasteiger partial charge in [0.15, 0.2) is 0 Å². The van der Waals surface area contributed by atoms with Crippen molar-refractivity contribution in [3.8, 4) is 0 Å². The second-order valence-corrected chi connectivity index (χ2v) is 11.9. The number of nitrogens with zero attached hydrogens (tertiary/aromatic N) is 2. The van der Waals surface area contributed by atoms with Gasteiger partial charge in [-0.25, -0.2) is 12.8 Å². The highest BCUT2D eigenvalue weighted by atomic mass is 35.5. The summed E-state index contributed by atoms with van der Waals surface area (Å²) in [6.45, 7) is 3.52. The zero-order valence-corrected chi connectivity index (χ0v) is 24.6. The quantitative estimate of drug-likeness (QED) is 0.263. The number of carbonyl (C=O) groups is 2. The summed E-state index contributed by atoms with van der Waals surface area (Å²) >= 11 is 6.22. The fourth-order valence-corrected chi connectivity index (χ4v) is 5.69. The molecule has 0 heterocycles. The molecular weight excluding hydrogens is 598 g/mol. The van der Waals surface area contributed by atoms with Gasteiger partial charge in [0.1, 0.15) is 18.4 Å². The van der Waals surface area contributed by atoms with E-state index in [-0.39, 0.29) is 21.5 Å². The molecule has 0 radical (unpaired) electrons. The molecule has 13 heteroatoms. The number of hydrogen-bond acceptors (Lipinski definition) is 4. The van der Waals surface area contributed by atoms with E-state index in [1.54, 1.807) is 13.0 Å². The van der Waals surface area contributed by atoms with Crippen molar-refractivity contribution < 1.29 is 35.6 Å². The monoisotopic (exact) mass is 627 g/mol. The summed E-state index contributed by atoms with van der Waals surface area (Å²) in [5.41, 5.74) is -1.73. The molecule has 226 valence electrons. The van der Waals surface area contributed by atoms with Crippen LogP contribution in [0.1, 0.15) is 38.3 Å². The Labute approximate surface area is 247 Å². The fraction of sp³-hybridized carbons (Fsp3) is 0.310. The Balaban J connectivity index is 2.13. The molecule has 3 aromatic rings. The van der Waals surface area contributed by atoms with Crippen LogP contribution in [-0.4, -0.2) is 43.8 Å². The van der Waals surface area contributed by atoms with E-state index in [0.29, 0.717) is 22.9 Å². The molecule has 3 aromatic carbocycles. The molecule has 7 nitrogen and oxygen atoms in total. The molecule has 1 N–H and O–H groups in total. The molecule has 0 bridgehead atoms. The number of carbonyl (C=O) groups excluding carboxylic acids is 2. The van der Waals surface area contributed by atoms with E-state index in [2.05, 4.69) is 5.32 Å². The number of anilines is 1. The summed E-state index contributed by atoms with van der Waals surface area (Å²) in [7, 11) is -4.66. The van der Waals surface area contributed by atoms with E-state index in [4.69, 9.17) is 11.6 Å². The Morgan fingerprint density at radius 3 is 2.19 bits per heavy atom. The maximum absolute atomic E-state index is 14.6. The molecule has 0 spiro atoms. The average molecular weight is 628 g/mol. The molecule has 3 rings (SSSR count). The third kappa shape index (κ3) is 7.80. The molecule has 0 fully saturated rings. The lowest BCUT2D eigenvalue weighted by molar-refractivity contribution is -0.139. The number of nitrogens with one attached hydrogen (secondary N) is 1. The number of amides is 2. The SMILES string of the molecule is CCC(C)NC(=O)C(C)N(Cc1ccccc1F)C(=O)CN(c1cc(C(F)(F)F)ccc1Cl)S(=O)(=O)c1ccccc1. The second kappa shape index (κ2) is 13.6. The van der Waals surface area contributed by atoms with Crippen LogP contribution < -0.4 is 9.62 Å². The first-order valence-corrected chi connectivity index (χ1v) is 14.8. The van der Waals surface area contributed by atoms with Crippen molar-refractivity contribution in [3.63, 3.8) is 0 Å². The highest BCUT2D eigenvalue weighted by Gasteiger charge is 2.36. The van der Waals surface area contributed by atoms with Crippen LogP contribution in [0.15, 0.2) is 77.7 Å². The Morgan fingerprint density at radius 2 is 1.60 bits per heavy atom. The van der Waals surface area contributed by atoms with Crippen molar-refractivity contribution >= 4 is 39.1 Å². The summed E-state index contributed by atoms with van der Waals surface area (Å²) in [4.78, 5) is 27.6. The van der Waals surface area contributed by atoms with Gasteiger partial charge in [-0.15, -0.1) is 0 Å². The van der Waals surface area contributed by atoms with Crippen LogP contribution in [0.25, 0.3) is 0 Å². The highest BCUT2D eigenvalue weighted by Crippen LogP contribution is 2.37. The van der Waals surface area contributed by atoms with Gasteiger partial charge in [-0.3, -0.25) is 13.9 Å². The van der Waals surface area contributed by atoms with Crippen LogP contribution in [-0.2, 0) is 32.3 Å². The molecule has 42 heavy (non-hydrogen) atoms. The lowest BCUT2D eigenvalue weighted by atomic mass is 10.1. The fourth-order valence-electron chi connectivity index (χ4n) is 3.97. The minimum Gasteiger partial charge on any atom is -0.352 e. The van der Waals surface area contributed by atoms with Crippen molar-refractivity contribution in [2.75, 3.05) is 10.8 Å². The summed E-state index contributed by atoms with van der Waals surface area (Å²) in [5.74, 6) is -2.22. The predicted molar refractivity (Wildman–Crippen MR) is 152 cm³/mol. The van der Waals surface area contributed by atoms with Crippen LogP contribution in [0.5, 0.6) is 0 Å². The van der Waals surface area contributed by atoms with Crippen molar-refractivity contribution in [1.82, 2.24) is 10.2 Å². The van der Waals surface area contributed by atoms with Crippen molar-refractivity contribution in [2.24, 2.45) is 0 Å². The molecule has 2 unspecified atom stereocenters. The molecular formula is C29H30ClF4N3O4S. The van der Waals surface area contributed by atoms with Crippen LogP contribution in [0.3, 0.4) is 0 Å². The van der Waals surface area contributed by atoms with E-state index >= 15 is 0 Å². The van der Waals surface area contributed by atoms with Gasteiger partial charge in [0, 0.05) is 18.2 Å². The van der Waals surface area contributed by atoms with Crippen LogP contribution in [0.4, 0.5) is 23.2 Å².